The topological polar surface area (TPSA) is 105 Å². The molecule has 3 aromatic carbocycles. The van der Waals surface area contributed by atoms with Crippen LogP contribution >= 0.6 is 0 Å². The van der Waals surface area contributed by atoms with Crippen LogP contribution in [0, 0.1) is 0 Å². The second-order valence-corrected chi connectivity index (χ2v) is 8.09. The van der Waals surface area contributed by atoms with Crippen LogP contribution < -0.4 is 26.0 Å². The van der Waals surface area contributed by atoms with Crippen molar-refractivity contribution in [1.82, 2.24) is 14.5 Å². The Morgan fingerprint density at radius 1 is 0.914 bits per heavy atom. The summed E-state index contributed by atoms with van der Waals surface area (Å²) < 4.78 is 18.8. The fraction of sp³-hybridized carbons (Fsp3) is 0.115. The number of carbonyl (C=O) groups is 1. The number of rotatable bonds is 5. The van der Waals surface area contributed by atoms with Gasteiger partial charge in [0.1, 0.15) is 17.6 Å². The Hall–Kier alpha value is -4.79. The van der Waals surface area contributed by atoms with Crippen LogP contribution in [0.3, 0.4) is 0 Å². The lowest BCUT2D eigenvalue weighted by Gasteiger charge is -2.12. The molecule has 0 radical (unpaired) electrons. The number of carbonyl (C=O) groups excluding carboxylic acids is 1. The first kappa shape index (κ1) is 20.8. The maximum absolute atomic E-state index is 13.6. The first-order valence-corrected chi connectivity index (χ1v) is 11.0. The Morgan fingerprint density at radius 3 is 2.54 bits per heavy atom. The van der Waals surface area contributed by atoms with Crippen LogP contribution in [-0.4, -0.2) is 21.8 Å². The van der Waals surface area contributed by atoms with E-state index in [0.717, 1.165) is 10.1 Å². The summed E-state index contributed by atoms with van der Waals surface area (Å²) in [4.78, 5) is 39.8. The van der Waals surface area contributed by atoms with E-state index in [1.165, 1.54) is 4.57 Å². The van der Waals surface area contributed by atoms with Gasteiger partial charge in [-0.1, -0.05) is 36.4 Å². The summed E-state index contributed by atoms with van der Waals surface area (Å²) in [7, 11) is 0. The molecule has 0 atom stereocenters. The molecule has 0 fully saturated rings. The van der Waals surface area contributed by atoms with Crippen molar-refractivity contribution >= 4 is 28.0 Å². The van der Waals surface area contributed by atoms with E-state index in [1.807, 2.05) is 6.07 Å². The first-order chi connectivity index (χ1) is 17.1. The molecule has 0 saturated carbocycles. The van der Waals surface area contributed by atoms with E-state index < -0.39 is 17.2 Å². The molecular formula is C26H19N3O6. The number of furan rings is 1. The van der Waals surface area contributed by atoms with E-state index in [4.69, 9.17) is 13.9 Å². The van der Waals surface area contributed by atoms with Crippen molar-refractivity contribution in [3.8, 4) is 17.2 Å². The summed E-state index contributed by atoms with van der Waals surface area (Å²) >= 11 is 0. The predicted octanol–water partition coefficient (Wildman–Crippen LogP) is 2.94. The number of benzene rings is 3. The van der Waals surface area contributed by atoms with Gasteiger partial charge >= 0.3 is 11.2 Å². The molecule has 1 aliphatic rings. The summed E-state index contributed by atoms with van der Waals surface area (Å²) in [5, 5.41) is 3.42. The number of hydrogen-bond donors (Lipinski definition) is 1. The molecule has 1 N–H and O–H groups in total. The highest BCUT2D eigenvalue weighted by molar-refractivity contribution is 6.02. The molecule has 3 heterocycles. The third kappa shape index (κ3) is 3.54. The molecule has 9 heteroatoms. The molecule has 0 spiro atoms. The molecule has 35 heavy (non-hydrogen) atoms. The number of amides is 1. The summed E-state index contributed by atoms with van der Waals surface area (Å²) in [5.41, 5.74) is 0.768. The van der Waals surface area contributed by atoms with Crippen molar-refractivity contribution < 1.29 is 18.7 Å². The highest BCUT2D eigenvalue weighted by Crippen LogP contribution is 2.32. The molecule has 0 aliphatic carbocycles. The van der Waals surface area contributed by atoms with Crippen LogP contribution in [0.5, 0.6) is 11.5 Å². The summed E-state index contributed by atoms with van der Waals surface area (Å²) in [5.74, 6) is 0.883. The van der Waals surface area contributed by atoms with Gasteiger partial charge in [-0.25, -0.2) is 9.36 Å². The molecule has 0 bridgehead atoms. The van der Waals surface area contributed by atoms with Gasteiger partial charge in [0, 0.05) is 11.9 Å². The van der Waals surface area contributed by atoms with Gasteiger partial charge in [-0.3, -0.25) is 14.2 Å². The fourth-order valence-electron chi connectivity index (χ4n) is 4.25. The average Bonchev–Trinajstić information content (AvgIpc) is 3.51. The molecule has 6 rings (SSSR count). The van der Waals surface area contributed by atoms with E-state index in [0.29, 0.717) is 33.7 Å². The van der Waals surface area contributed by atoms with Crippen molar-refractivity contribution in [3.63, 3.8) is 0 Å². The van der Waals surface area contributed by atoms with Crippen LogP contribution in [0.15, 0.2) is 86.8 Å². The van der Waals surface area contributed by atoms with Crippen molar-refractivity contribution in [2.75, 3.05) is 6.79 Å². The van der Waals surface area contributed by atoms with E-state index in [1.54, 1.807) is 66.7 Å². The van der Waals surface area contributed by atoms with Gasteiger partial charge in [0.15, 0.2) is 11.5 Å². The second-order valence-electron chi connectivity index (χ2n) is 8.09. The Bertz CT molecular complexity index is 1720. The number of para-hydroxylation sites is 2. The van der Waals surface area contributed by atoms with Crippen molar-refractivity contribution in [3.05, 3.63) is 99.2 Å². The molecule has 1 aliphatic heterocycles. The van der Waals surface area contributed by atoms with Crippen LogP contribution in [0.4, 0.5) is 0 Å². The minimum Gasteiger partial charge on any atom is -0.454 e. The Labute approximate surface area is 197 Å². The lowest BCUT2D eigenvalue weighted by Crippen LogP contribution is -2.41. The number of nitrogens with zero attached hydrogens (tertiary/aromatic N) is 2. The third-order valence-corrected chi connectivity index (χ3v) is 5.90. The summed E-state index contributed by atoms with van der Waals surface area (Å²) in [6.07, 6.45) is 0. The highest BCUT2D eigenvalue weighted by Gasteiger charge is 2.22. The summed E-state index contributed by atoms with van der Waals surface area (Å²) in [6.45, 7) is 0.105. The van der Waals surface area contributed by atoms with Crippen molar-refractivity contribution in [1.29, 1.82) is 0 Å². The highest BCUT2D eigenvalue weighted by atomic mass is 16.7. The zero-order valence-corrected chi connectivity index (χ0v) is 18.4. The minimum atomic E-state index is -0.626. The Balaban J connectivity index is 1.41. The number of fused-ring (bicyclic) bond motifs is 4. The van der Waals surface area contributed by atoms with Crippen LogP contribution in [-0.2, 0) is 17.9 Å². The van der Waals surface area contributed by atoms with Crippen LogP contribution in [0.2, 0.25) is 0 Å². The number of aromatic nitrogens is 2. The molecule has 1 amide bonds. The fourth-order valence-corrected chi connectivity index (χ4v) is 4.25. The third-order valence-electron chi connectivity index (χ3n) is 5.90. The van der Waals surface area contributed by atoms with E-state index in [2.05, 4.69) is 5.32 Å². The minimum absolute atomic E-state index is 0.0122. The molecule has 174 valence electrons. The van der Waals surface area contributed by atoms with Gasteiger partial charge in [0.05, 0.1) is 5.69 Å². The van der Waals surface area contributed by atoms with Crippen molar-refractivity contribution in [2.45, 2.75) is 13.1 Å². The summed E-state index contributed by atoms with van der Waals surface area (Å²) in [6, 6.07) is 21.0. The molecule has 2 aromatic heterocycles. The Kier molecular flexibility index (Phi) is 4.88. The van der Waals surface area contributed by atoms with Crippen LogP contribution in [0.1, 0.15) is 5.56 Å². The predicted molar refractivity (Wildman–Crippen MR) is 128 cm³/mol. The molecule has 9 nitrogen and oxygen atoms in total. The molecule has 0 saturated heterocycles. The average molecular weight is 469 g/mol. The van der Waals surface area contributed by atoms with Gasteiger partial charge in [-0.05, 0) is 42.0 Å². The standard InChI is InChI=1S/C26H19N3O6/c30-22(27-13-16-10-11-20-21(12-16)34-15-33-20)14-28-23-18-8-4-5-9-19(18)35-24(23)25(31)29(26(28)32)17-6-2-1-3-7-17/h1-12H,13-15H2,(H,27,30). The normalized spacial score (nSPS) is 12.3. The lowest BCUT2D eigenvalue weighted by atomic mass is 10.2. The maximum atomic E-state index is 13.6. The quantitative estimate of drug-likeness (QED) is 0.424. The largest absolute Gasteiger partial charge is 0.454 e. The first-order valence-electron chi connectivity index (χ1n) is 11.0. The van der Waals surface area contributed by atoms with E-state index in [9.17, 15) is 14.4 Å². The van der Waals surface area contributed by atoms with Gasteiger partial charge in [0.2, 0.25) is 18.3 Å². The lowest BCUT2D eigenvalue weighted by molar-refractivity contribution is -0.121. The number of hydrogen-bond acceptors (Lipinski definition) is 6. The van der Waals surface area contributed by atoms with Crippen LogP contribution in [0.25, 0.3) is 27.8 Å². The van der Waals surface area contributed by atoms with Gasteiger partial charge < -0.3 is 19.2 Å². The SMILES string of the molecule is O=C(Cn1c(=O)n(-c2ccccc2)c(=O)c2oc3ccccc3c21)NCc1ccc2c(c1)OCO2. The molecule has 5 aromatic rings. The van der Waals surface area contributed by atoms with Gasteiger partial charge in [-0.15, -0.1) is 0 Å². The molecule has 0 unspecified atom stereocenters. The Morgan fingerprint density at radius 2 is 1.69 bits per heavy atom. The zero-order valence-electron chi connectivity index (χ0n) is 18.4. The van der Waals surface area contributed by atoms with Gasteiger partial charge in [0.25, 0.3) is 0 Å². The molecular weight excluding hydrogens is 450 g/mol. The smallest absolute Gasteiger partial charge is 0.336 e. The number of nitrogens with one attached hydrogen (secondary N) is 1. The van der Waals surface area contributed by atoms with Gasteiger partial charge in [-0.2, -0.15) is 0 Å². The van der Waals surface area contributed by atoms with E-state index in [-0.39, 0.29) is 25.5 Å². The maximum Gasteiger partial charge on any atom is 0.336 e. The number of ether oxygens (including phenoxy) is 2. The zero-order chi connectivity index (χ0) is 23.9. The van der Waals surface area contributed by atoms with Crippen molar-refractivity contribution in [2.24, 2.45) is 0 Å². The second kappa shape index (κ2) is 8.21. The monoisotopic (exact) mass is 469 g/mol. The van der Waals surface area contributed by atoms with E-state index >= 15 is 0 Å².